The average molecular weight is 223 g/mol. The molecule has 5 heteroatoms. The summed E-state index contributed by atoms with van der Waals surface area (Å²) in [7, 11) is 1.47. The number of Topliss-reactive ketones (excluding diaryl/α,β-unsaturated/α-hetero) is 1. The van der Waals surface area contributed by atoms with Crippen LogP contribution < -0.4 is 15.2 Å². The van der Waals surface area contributed by atoms with Gasteiger partial charge in [-0.3, -0.25) is 9.59 Å². The zero-order valence-corrected chi connectivity index (χ0v) is 9.15. The van der Waals surface area contributed by atoms with Crippen molar-refractivity contribution in [2.45, 2.75) is 6.92 Å². The first-order chi connectivity index (χ1) is 7.52. The summed E-state index contributed by atoms with van der Waals surface area (Å²) in [5, 5.41) is 0. The summed E-state index contributed by atoms with van der Waals surface area (Å²) in [5.74, 6) is 0.147. The molecule has 0 fully saturated rings. The average Bonchev–Trinajstić information content (AvgIpc) is 2.25. The molecule has 1 rings (SSSR count). The van der Waals surface area contributed by atoms with Gasteiger partial charge in [0.1, 0.15) is 18.1 Å². The lowest BCUT2D eigenvalue weighted by Gasteiger charge is -2.08. The molecule has 86 valence electrons. The maximum atomic E-state index is 11.0. The smallest absolute Gasteiger partial charge is 0.248 e. The van der Waals surface area contributed by atoms with E-state index in [2.05, 4.69) is 0 Å². The quantitative estimate of drug-likeness (QED) is 0.799. The normalized spacial score (nSPS) is 9.62. The molecule has 0 aromatic heterocycles. The van der Waals surface area contributed by atoms with Crippen LogP contribution in [0.1, 0.15) is 17.3 Å². The van der Waals surface area contributed by atoms with E-state index in [4.69, 9.17) is 15.2 Å². The van der Waals surface area contributed by atoms with E-state index in [0.29, 0.717) is 11.5 Å². The predicted molar refractivity (Wildman–Crippen MR) is 57.7 cm³/mol. The van der Waals surface area contributed by atoms with Crippen molar-refractivity contribution >= 4 is 11.7 Å². The number of hydrogen-bond acceptors (Lipinski definition) is 4. The van der Waals surface area contributed by atoms with Crippen LogP contribution in [0.3, 0.4) is 0 Å². The van der Waals surface area contributed by atoms with Gasteiger partial charge in [-0.05, 0) is 19.1 Å². The molecule has 5 nitrogen and oxygen atoms in total. The van der Waals surface area contributed by atoms with Gasteiger partial charge in [0, 0.05) is 11.6 Å². The maximum absolute atomic E-state index is 11.0. The molecule has 1 aromatic rings. The third-order valence-electron chi connectivity index (χ3n) is 1.84. The van der Waals surface area contributed by atoms with Crippen LogP contribution in [-0.4, -0.2) is 25.4 Å². The SMILES string of the molecule is COc1cc(OCC(C)=O)cc(C(N)=O)c1. The third kappa shape index (κ3) is 3.27. The molecule has 0 heterocycles. The second kappa shape index (κ2) is 5.16. The summed E-state index contributed by atoms with van der Waals surface area (Å²) in [6.07, 6.45) is 0. The van der Waals surface area contributed by atoms with E-state index in [1.807, 2.05) is 0 Å². The third-order valence-corrected chi connectivity index (χ3v) is 1.84. The second-order valence-electron chi connectivity index (χ2n) is 3.25. The predicted octanol–water partition coefficient (Wildman–Crippen LogP) is 0.762. The van der Waals surface area contributed by atoms with Crippen molar-refractivity contribution in [1.29, 1.82) is 0 Å². The molecule has 16 heavy (non-hydrogen) atoms. The number of hydrogen-bond donors (Lipinski definition) is 1. The molecule has 0 aliphatic rings. The molecule has 0 unspecified atom stereocenters. The number of amides is 1. The van der Waals surface area contributed by atoms with Gasteiger partial charge >= 0.3 is 0 Å². The number of nitrogens with two attached hydrogens (primary N) is 1. The standard InChI is InChI=1S/C11H13NO4/c1-7(13)6-16-10-4-8(11(12)14)3-9(5-10)15-2/h3-5H,6H2,1-2H3,(H2,12,14). The number of ketones is 1. The largest absolute Gasteiger partial charge is 0.497 e. The molecule has 1 amide bonds. The van der Waals surface area contributed by atoms with E-state index in [1.54, 1.807) is 6.07 Å². The van der Waals surface area contributed by atoms with E-state index in [-0.39, 0.29) is 18.0 Å². The van der Waals surface area contributed by atoms with Gasteiger partial charge in [-0.1, -0.05) is 0 Å². The van der Waals surface area contributed by atoms with E-state index in [1.165, 1.54) is 26.2 Å². The van der Waals surface area contributed by atoms with Crippen LogP contribution in [0, 0.1) is 0 Å². The van der Waals surface area contributed by atoms with Gasteiger partial charge < -0.3 is 15.2 Å². The highest BCUT2D eigenvalue weighted by Crippen LogP contribution is 2.22. The zero-order chi connectivity index (χ0) is 12.1. The summed E-state index contributed by atoms with van der Waals surface area (Å²) in [6, 6.07) is 4.55. The van der Waals surface area contributed by atoms with Gasteiger partial charge in [0.25, 0.3) is 0 Å². The summed E-state index contributed by atoms with van der Waals surface area (Å²) in [4.78, 5) is 21.7. The highest BCUT2D eigenvalue weighted by atomic mass is 16.5. The lowest BCUT2D eigenvalue weighted by molar-refractivity contribution is -0.118. The van der Waals surface area contributed by atoms with Crippen LogP contribution in [0.2, 0.25) is 0 Å². The topological polar surface area (TPSA) is 78.6 Å². The highest BCUT2D eigenvalue weighted by Gasteiger charge is 2.07. The number of benzene rings is 1. The zero-order valence-electron chi connectivity index (χ0n) is 9.15. The number of carbonyl (C=O) groups excluding carboxylic acids is 2. The molecule has 0 spiro atoms. The number of methoxy groups -OCH3 is 1. The Morgan fingerprint density at radius 3 is 2.38 bits per heavy atom. The van der Waals surface area contributed by atoms with Crippen molar-refractivity contribution in [3.8, 4) is 11.5 Å². The molecule has 0 aliphatic carbocycles. The summed E-state index contributed by atoms with van der Waals surface area (Å²) >= 11 is 0. The van der Waals surface area contributed by atoms with Crippen molar-refractivity contribution in [2.75, 3.05) is 13.7 Å². The molecule has 0 bridgehead atoms. The second-order valence-corrected chi connectivity index (χ2v) is 3.25. The Balaban J connectivity index is 2.95. The van der Waals surface area contributed by atoms with Crippen LogP contribution in [-0.2, 0) is 4.79 Å². The Morgan fingerprint density at radius 1 is 1.25 bits per heavy atom. The van der Waals surface area contributed by atoms with Crippen LogP contribution in [0.5, 0.6) is 11.5 Å². The van der Waals surface area contributed by atoms with Crippen molar-refractivity contribution in [1.82, 2.24) is 0 Å². The first-order valence-electron chi connectivity index (χ1n) is 4.64. The first kappa shape index (κ1) is 12.0. The Bertz CT molecular complexity index is 414. The number of ether oxygens (including phenoxy) is 2. The fourth-order valence-electron chi connectivity index (χ4n) is 1.10. The number of primary amides is 1. The van der Waals surface area contributed by atoms with Gasteiger partial charge in [-0.2, -0.15) is 0 Å². The molecule has 0 atom stereocenters. The summed E-state index contributed by atoms with van der Waals surface area (Å²) in [5.41, 5.74) is 5.42. The highest BCUT2D eigenvalue weighted by molar-refractivity contribution is 5.93. The summed E-state index contributed by atoms with van der Waals surface area (Å²) < 4.78 is 10.1. The Morgan fingerprint density at radius 2 is 1.88 bits per heavy atom. The minimum Gasteiger partial charge on any atom is -0.497 e. The lowest BCUT2D eigenvalue weighted by Crippen LogP contribution is -2.12. The van der Waals surface area contributed by atoms with Gasteiger partial charge in [0.05, 0.1) is 7.11 Å². The van der Waals surface area contributed by atoms with E-state index >= 15 is 0 Å². The molecule has 1 aromatic carbocycles. The first-order valence-corrected chi connectivity index (χ1v) is 4.64. The van der Waals surface area contributed by atoms with Crippen LogP contribution in [0.15, 0.2) is 18.2 Å². The minimum atomic E-state index is -0.577. The molecule has 2 N–H and O–H groups in total. The lowest BCUT2D eigenvalue weighted by atomic mass is 10.2. The molecular formula is C11H13NO4. The summed E-state index contributed by atoms with van der Waals surface area (Å²) in [6.45, 7) is 1.36. The molecule has 0 radical (unpaired) electrons. The Kier molecular flexibility index (Phi) is 3.88. The maximum Gasteiger partial charge on any atom is 0.248 e. The molecule has 0 aliphatic heterocycles. The van der Waals surface area contributed by atoms with Crippen LogP contribution in [0.25, 0.3) is 0 Å². The van der Waals surface area contributed by atoms with Crippen molar-refractivity contribution in [3.63, 3.8) is 0 Å². The van der Waals surface area contributed by atoms with Crippen molar-refractivity contribution < 1.29 is 19.1 Å². The van der Waals surface area contributed by atoms with Crippen molar-refractivity contribution in [2.24, 2.45) is 5.73 Å². The minimum absolute atomic E-state index is 0.0502. The Hall–Kier alpha value is -2.04. The fourth-order valence-corrected chi connectivity index (χ4v) is 1.10. The van der Waals surface area contributed by atoms with Gasteiger partial charge in [0.15, 0.2) is 5.78 Å². The van der Waals surface area contributed by atoms with Crippen molar-refractivity contribution in [3.05, 3.63) is 23.8 Å². The Labute approximate surface area is 93.1 Å². The number of rotatable bonds is 5. The molecule has 0 saturated carbocycles. The monoisotopic (exact) mass is 223 g/mol. The molecule has 0 saturated heterocycles. The molecular weight excluding hydrogens is 210 g/mol. The number of carbonyl (C=O) groups is 2. The van der Waals surface area contributed by atoms with E-state index in [9.17, 15) is 9.59 Å². The van der Waals surface area contributed by atoms with Gasteiger partial charge in [0.2, 0.25) is 5.91 Å². The van der Waals surface area contributed by atoms with E-state index in [0.717, 1.165) is 0 Å². The van der Waals surface area contributed by atoms with Gasteiger partial charge in [-0.25, -0.2) is 0 Å². The fraction of sp³-hybridized carbons (Fsp3) is 0.273. The van der Waals surface area contributed by atoms with Gasteiger partial charge in [-0.15, -0.1) is 0 Å². The van der Waals surface area contributed by atoms with E-state index < -0.39 is 5.91 Å². The van der Waals surface area contributed by atoms with Crippen LogP contribution in [0.4, 0.5) is 0 Å². The van der Waals surface area contributed by atoms with Crippen LogP contribution >= 0.6 is 0 Å².